The highest BCUT2D eigenvalue weighted by Gasteiger charge is 2.18. The highest BCUT2D eigenvalue weighted by molar-refractivity contribution is 5.27. The number of nitrogens with zero attached hydrogens (tertiary/aromatic N) is 1. The summed E-state index contributed by atoms with van der Waals surface area (Å²) in [7, 11) is 2.31. The second-order valence-corrected chi connectivity index (χ2v) is 6.48. The summed E-state index contributed by atoms with van der Waals surface area (Å²) in [4.78, 5) is 2.58. The lowest BCUT2D eigenvalue weighted by atomic mass is 9.94. The molecule has 2 rings (SSSR count). The monoisotopic (exact) mass is 288 g/mol. The van der Waals surface area contributed by atoms with E-state index in [2.05, 4.69) is 48.5 Å². The average Bonchev–Trinajstić information content (AvgIpc) is 2.54. The van der Waals surface area contributed by atoms with Crippen LogP contribution in [-0.2, 0) is 13.0 Å². The van der Waals surface area contributed by atoms with E-state index >= 15 is 0 Å². The van der Waals surface area contributed by atoms with E-state index in [1.54, 1.807) is 0 Å². The van der Waals surface area contributed by atoms with Gasteiger partial charge in [-0.05, 0) is 56.9 Å². The van der Waals surface area contributed by atoms with Gasteiger partial charge in [0.15, 0.2) is 0 Å². The van der Waals surface area contributed by atoms with Crippen molar-refractivity contribution in [3.8, 4) is 0 Å². The van der Waals surface area contributed by atoms with Gasteiger partial charge in [0.25, 0.3) is 0 Å². The summed E-state index contributed by atoms with van der Waals surface area (Å²) >= 11 is 0. The summed E-state index contributed by atoms with van der Waals surface area (Å²) in [6.07, 6.45) is 9.40. The van der Waals surface area contributed by atoms with Crippen LogP contribution in [0.3, 0.4) is 0 Å². The van der Waals surface area contributed by atoms with Crippen LogP contribution in [0.4, 0.5) is 0 Å². The fourth-order valence-corrected chi connectivity index (χ4v) is 3.40. The molecular weight excluding hydrogens is 256 g/mol. The molecule has 2 nitrogen and oxygen atoms in total. The SMILES string of the molecule is CCCNCCc1ccccc1CN(C)C1CCCCC1. The number of hydrogen-bond donors (Lipinski definition) is 1. The molecule has 1 aliphatic rings. The first-order valence-corrected chi connectivity index (χ1v) is 8.79. The Morgan fingerprint density at radius 1 is 1.05 bits per heavy atom. The second-order valence-electron chi connectivity index (χ2n) is 6.48. The number of nitrogens with one attached hydrogen (secondary N) is 1. The van der Waals surface area contributed by atoms with Crippen molar-refractivity contribution >= 4 is 0 Å². The van der Waals surface area contributed by atoms with Gasteiger partial charge in [-0.3, -0.25) is 4.90 Å². The van der Waals surface area contributed by atoms with E-state index < -0.39 is 0 Å². The zero-order valence-electron chi connectivity index (χ0n) is 13.9. The van der Waals surface area contributed by atoms with Crippen molar-refractivity contribution in [3.63, 3.8) is 0 Å². The molecule has 2 heteroatoms. The molecule has 0 radical (unpaired) electrons. The van der Waals surface area contributed by atoms with E-state index in [-0.39, 0.29) is 0 Å². The molecule has 0 aliphatic heterocycles. The van der Waals surface area contributed by atoms with Gasteiger partial charge < -0.3 is 5.32 Å². The fourth-order valence-electron chi connectivity index (χ4n) is 3.40. The molecule has 1 fully saturated rings. The molecule has 0 heterocycles. The quantitative estimate of drug-likeness (QED) is 0.728. The number of rotatable bonds is 8. The average molecular weight is 288 g/mol. The topological polar surface area (TPSA) is 15.3 Å². The Morgan fingerprint density at radius 2 is 1.76 bits per heavy atom. The van der Waals surface area contributed by atoms with Crippen LogP contribution in [0.5, 0.6) is 0 Å². The van der Waals surface area contributed by atoms with Crippen molar-refractivity contribution < 1.29 is 0 Å². The van der Waals surface area contributed by atoms with Gasteiger partial charge in [-0.2, -0.15) is 0 Å². The fraction of sp³-hybridized carbons (Fsp3) is 0.684. The van der Waals surface area contributed by atoms with Crippen LogP contribution in [0.2, 0.25) is 0 Å². The summed E-state index contributed by atoms with van der Waals surface area (Å²) in [6.45, 7) is 5.55. The highest BCUT2D eigenvalue weighted by atomic mass is 15.1. The van der Waals surface area contributed by atoms with Crippen molar-refractivity contribution in [2.24, 2.45) is 0 Å². The molecule has 0 atom stereocenters. The molecule has 1 aromatic carbocycles. The summed E-state index contributed by atoms with van der Waals surface area (Å²) in [6, 6.07) is 9.78. The van der Waals surface area contributed by atoms with Gasteiger partial charge in [-0.25, -0.2) is 0 Å². The highest BCUT2D eigenvalue weighted by Crippen LogP contribution is 2.23. The van der Waals surface area contributed by atoms with E-state index in [0.717, 1.165) is 32.1 Å². The minimum atomic E-state index is 0.796. The maximum absolute atomic E-state index is 3.51. The van der Waals surface area contributed by atoms with E-state index in [1.807, 2.05) is 0 Å². The Morgan fingerprint density at radius 3 is 2.48 bits per heavy atom. The van der Waals surface area contributed by atoms with Crippen LogP contribution in [-0.4, -0.2) is 31.1 Å². The van der Waals surface area contributed by atoms with Gasteiger partial charge in [-0.1, -0.05) is 50.5 Å². The van der Waals surface area contributed by atoms with Crippen molar-refractivity contribution in [2.45, 2.75) is 64.5 Å². The molecule has 21 heavy (non-hydrogen) atoms. The third-order valence-electron chi connectivity index (χ3n) is 4.73. The van der Waals surface area contributed by atoms with Crippen LogP contribution < -0.4 is 5.32 Å². The van der Waals surface area contributed by atoms with Crippen molar-refractivity contribution in [1.29, 1.82) is 0 Å². The molecule has 1 N–H and O–H groups in total. The normalized spacial score (nSPS) is 16.5. The van der Waals surface area contributed by atoms with Crippen LogP contribution in [0.25, 0.3) is 0 Å². The van der Waals surface area contributed by atoms with E-state index in [0.29, 0.717) is 0 Å². The zero-order valence-corrected chi connectivity index (χ0v) is 13.9. The Labute approximate surface area is 130 Å². The Hall–Kier alpha value is -0.860. The molecule has 0 spiro atoms. The van der Waals surface area contributed by atoms with Crippen molar-refractivity contribution in [3.05, 3.63) is 35.4 Å². The summed E-state index contributed by atoms with van der Waals surface area (Å²) in [5, 5.41) is 3.51. The molecule has 1 aromatic rings. The minimum absolute atomic E-state index is 0.796. The Balaban J connectivity index is 1.89. The van der Waals surface area contributed by atoms with E-state index in [4.69, 9.17) is 0 Å². The first-order valence-electron chi connectivity index (χ1n) is 8.79. The Bertz CT molecular complexity index is 396. The first-order chi connectivity index (χ1) is 10.3. The lowest BCUT2D eigenvalue weighted by Gasteiger charge is -2.31. The summed E-state index contributed by atoms with van der Waals surface area (Å²) < 4.78 is 0. The molecule has 1 saturated carbocycles. The molecule has 0 aromatic heterocycles. The predicted octanol–water partition coefficient (Wildman–Crippen LogP) is 3.99. The van der Waals surface area contributed by atoms with Gasteiger partial charge in [-0.15, -0.1) is 0 Å². The van der Waals surface area contributed by atoms with Crippen LogP contribution >= 0.6 is 0 Å². The third kappa shape index (κ3) is 5.44. The lowest BCUT2D eigenvalue weighted by Crippen LogP contribution is -2.33. The predicted molar refractivity (Wildman–Crippen MR) is 91.6 cm³/mol. The van der Waals surface area contributed by atoms with Gasteiger partial charge in [0.1, 0.15) is 0 Å². The lowest BCUT2D eigenvalue weighted by molar-refractivity contribution is 0.184. The first kappa shape index (κ1) is 16.5. The second kappa shape index (κ2) is 9.22. The molecule has 118 valence electrons. The molecule has 1 aliphatic carbocycles. The molecule has 0 saturated heterocycles. The van der Waals surface area contributed by atoms with Crippen LogP contribution in [0.1, 0.15) is 56.6 Å². The number of benzene rings is 1. The molecule has 0 amide bonds. The van der Waals surface area contributed by atoms with Crippen LogP contribution in [0.15, 0.2) is 24.3 Å². The van der Waals surface area contributed by atoms with Gasteiger partial charge in [0.05, 0.1) is 0 Å². The van der Waals surface area contributed by atoms with E-state index in [1.165, 1.54) is 49.7 Å². The number of hydrogen-bond acceptors (Lipinski definition) is 2. The molecule has 0 unspecified atom stereocenters. The summed E-state index contributed by atoms with van der Waals surface area (Å²) in [5.74, 6) is 0. The standard InChI is InChI=1S/C19H32N2/c1-3-14-20-15-13-17-9-7-8-10-18(17)16-21(2)19-11-5-4-6-12-19/h7-10,19-20H,3-6,11-16H2,1-2H3. The largest absolute Gasteiger partial charge is 0.316 e. The molecule has 0 bridgehead atoms. The summed E-state index contributed by atoms with van der Waals surface area (Å²) in [5.41, 5.74) is 3.03. The van der Waals surface area contributed by atoms with Gasteiger partial charge in [0.2, 0.25) is 0 Å². The molecular formula is C19H32N2. The van der Waals surface area contributed by atoms with Crippen molar-refractivity contribution in [2.75, 3.05) is 20.1 Å². The minimum Gasteiger partial charge on any atom is -0.316 e. The maximum Gasteiger partial charge on any atom is 0.0236 e. The zero-order chi connectivity index (χ0) is 14.9. The van der Waals surface area contributed by atoms with Gasteiger partial charge in [0, 0.05) is 12.6 Å². The van der Waals surface area contributed by atoms with E-state index in [9.17, 15) is 0 Å². The third-order valence-corrected chi connectivity index (χ3v) is 4.73. The van der Waals surface area contributed by atoms with Crippen LogP contribution in [0, 0.1) is 0 Å². The van der Waals surface area contributed by atoms with Gasteiger partial charge >= 0.3 is 0 Å². The van der Waals surface area contributed by atoms with Crippen molar-refractivity contribution in [1.82, 2.24) is 10.2 Å². The smallest absolute Gasteiger partial charge is 0.0236 e. The maximum atomic E-state index is 3.51. The Kier molecular flexibility index (Phi) is 7.25.